The number of anilines is 2. The number of aromatic nitrogens is 3. The van der Waals surface area contributed by atoms with Crippen LogP contribution in [0.2, 0.25) is 0 Å². The number of rotatable bonds is 10. The molecule has 0 saturated heterocycles. The number of imidazole rings is 1. The molecule has 2 heterocycles. The van der Waals surface area contributed by atoms with Gasteiger partial charge in [-0.05, 0) is 58.7 Å². The summed E-state index contributed by atoms with van der Waals surface area (Å²) in [7, 11) is 0.438. The second-order valence-electron chi connectivity index (χ2n) is 8.35. The molecular formula is C25H29BrN6O2S. The fourth-order valence-corrected chi connectivity index (χ4v) is 5.80. The normalized spacial score (nSPS) is 11.8. The van der Waals surface area contributed by atoms with E-state index in [1.807, 2.05) is 56.3 Å². The van der Waals surface area contributed by atoms with Gasteiger partial charge in [-0.2, -0.15) is 4.31 Å². The Hall–Kier alpha value is -2.95. The summed E-state index contributed by atoms with van der Waals surface area (Å²) in [6.45, 7) is 3.17. The van der Waals surface area contributed by atoms with E-state index in [9.17, 15) is 8.42 Å². The minimum atomic E-state index is -3.57. The van der Waals surface area contributed by atoms with Gasteiger partial charge in [-0.25, -0.2) is 18.4 Å². The first-order valence-electron chi connectivity index (χ1n) is 11.4. The molecule has 0 atom stereocenters. The highest BCUT2D eigenvalue weighted by atomic mass is 79.9. The fourth-order valence-electron chi connectivity index (χ4n) is 3.81. The van der Waals surface area contributed by atoms with Gasteiger partial charge in [0.05, 0.1) is 15.1 Å². The van der Waals surface area contributed by atoms with Gasteiger partial charge in [0.1, 0.15) is 11.3 Å². The third kappa shape index (κ3) is 5.50. The molecule has 2 N–H and O–H groups in total. The van der Waals surface area contributed by atoms with Crippen LogP contribution in [0.1, 0.15) is 13.3 Å². The molecule has 0 aliphatic heterocycles. The van der Waals surface area contributed by atoms with E-state index in [1.54, 1.807) is 30.5 Å². The maximum Gasteiger partial charge on any atom is 0.243 e. The van der Waals surface area contributed by atoms with E-state index < -0.39 is 10.0 Å². The Morgan fingerprint density at radius 2 is 1.74 bits per heavy atom. The molecule has 35 heavy (non-hydrogen) atoms. The predicted octanol–water partition coefficient (Wildman–Crippen LogP) is 4.97. The molecule has 0 saturated carbocycles. The zero-order valence-corrected chi connectivity index (χ0v) is 22.4. The Morgan fingerprint density at radius 1 is 1.03 bits per heavy atom. The maximum atomic E-state index is 13.1. The molecule has 0 aliphatic rings. The second kappa shape index (κ2) is 10.8. The number of nitrogens with one attached hydrogen (secondary N) is 2. The molecular weight excluding hydrogens is 528 g/mol. The summed E-state index contributed by atoms with van der Waals surface area (Å²) >= 11 is 3.57. The molecule has 4 aromatic rings. The van der Waals surface area contributed by atoms with Crippen molar-refractivity contribution in [2.45, 2.75) is 18.2 Å². The van der Waals surface area contributed by atoms with Gasteiger partial charge in [0.25, 0.3) is 0 Å². The summed E-state index contributed by atoms with van der Waals surface area (Å²) in [5.41, 5.74) is 4.21. The monoisotopic (exact) mass is 556 g/mol. The minimum absolute atomic E-state index is 0.305. The Morgan fingerprint density at radius 3 is 2.40 bits per heavy atom. The van der Waals surface area contributed by atoms with Gasteiger partial charge in [-0.3, -0.25) is 0 Å². The molecule has 8 nitrogen and oxygen atoms in total. The lowest BCUT2D eigenvalue weighted by molar-refractivity contribution is 0.421. The van der Waals surface area contributed by atoms with Gasteiger partial charge in [-0.15, -0.1) is 0 Å². The third-order valence-electron chi connectivity index (χ3n) is 5.65. The van der Waals surface area contributed by atoms with Crippen LogP contribution in [-0.4, -0.2) is 61.4 Å². The summed E-state index contributed by atoms with van der Waals surface area (Å²) in [6, 6.07) is 16.7. The highest BCUT2D eigenvalue weighted by Gasteiger charge is 2.23. The minimum Gasteiger partial charge on any atom is -0.381 e. The first kappa shape index (κ1) is 25.2. The average molecular weight is 558 g/mol. The van der Waals surface area contributed by atoms with E-state index in [-0.39, 0.29) is 0 Å². The zero-order valence-electron chi connectivity index (χ0n) is 20.0. The average Bonchev–Trinajstić information content (AvgIpc) is 3.30. The Balaban J connectivity index is 1.55. The number of pyridine rings is 1. The van der Waals surface area contributed by atoms with Crippen LogP contribution in [-0.2, 0) is 10.0 Å². The Bertz CT molecular complexity index is 1390. The smallest absolute Gasteiger partial charge is 0.243 e. The van der Waals surface area contributed by atoms with Crippen molar-refractivity contribution >= 4 is 48.5 Å². The largest absolute Gasteiger partial charge is 0.381 e. The maximum absolute atomic E-state index is 13.1. The number of sulfonamides is 1. The molecule has 0 unspecified atom stereocenters. The van der Waals surface area contributed by atoms with E-state index in [2.05, 4.69) is 36.2 Å². The second-order valence-corrected chi connectivity index (χ2v) is 11.1. The van der Waals surface area contributed by atoms with Crippen LogP contribution in [0.25, 0.3) is 22.6 Å². The Labute approximate surface area is 214 Å². The van der Waals surface area contributed by atoms with Crippen molar-refractivity contribution in [3.63, 3.8) is 0 Å². The molecule has 0 aliphatic carbocycles. The van der Waals surface area contributed by atoms with Crippen molar-refractivity contribution in [2.75, 3.05) is 43.9 Å². The van der Waals surface area contributed by atoms with E-state index in [1.165, 1.54) is 4.31 Å². The highest BCUT2D eigenvalue weighted by Crippen LogP contribution is 2.31. The molecule has 0 fully saturated rings. The number of hydrogen-bond donors (Lipinski definition) is 2. The van der Waals surface area contributed by atoms with Gasteiger partial charge in [-0.1, -0.05) is 25.1 Å². The van der Waals surface area contributed by atoms with Crippen LogP contribution in [0.15, 0.2) is 70.2 Å². The molecule has 10 heteroatoms. The SMILES string of the molecule is CCCN(CCNc1c(Br)cnc2nc(-c3ccc(N(C)C)cc3)[nH]c12)S(=O)(=O)c1ccccc1. The van der Waals surface area contributed by atoms with Crippen LogP contribution in [0.4, 0.5) is 11.4 Å². The van der Waals surface area contributed by atoms with Crippen LogP contribution in [0.3, 0.4) is 0 Å². The van der Waals surface area contributed by atoms with E-state index in [0.717, 1.165) is 39.2 Å². The quantitative estimate of drug-likeness (QED) is 0.286. The Kier molecular flexibility index (Phi) is 7.73. The van der Waals surface area contributed by atoms with Gasteiger partial charge in [0.2, 0.25) is 10.0 Å². The number of hydrogen-bond acceptors (Lipinski definition) is 6. The fraction of sp³-hybridized carbons (Fsp3) is 0.280. The van der Waals surface area contributed by atoms with Crippen molar-refractivity contribution in [2.24, 2.45) is 0 Å². The van der Waals surface area contributed by atoms with Crippen molar-refractivity contribution in [3.8, 4) is 11.4 Å². The van der Waals surface area contributed by atoms with E-state index in [0.29, 0.717) is 30.2 Å². The highest BCUT2D eigenvalue weighted by molar-refractivity contribution is 9.10. The summed E-state index contributed by atoms with van der Waals surface area (Å²) < 4.78 is 28.6. The van der Waals surface area contributed by atoms with Gasteiger partial charge in [0, 0.05) is 51.2 Å². The van der Waals surface area contributed by atoms with Crippen LogP contribution in [0.5, 0.6) is 0 Å². The lowest BCUT2D eigenvalue weighted by atomic mass is 10.2. The summed E-state index contributed by atoms with van der Waals surface area (Å²) in [6.07, 6.45) is 2.43. The number of aromatic amines is 1. The van der Waals surface area contributed by atoms with Crippen LogP contribution >= 0.6 is 15.9 Å². The number of fused-ring (bicyclic) bond motifs is 1. The topological polar surface area (TPSA) is 94.2 Å². The van der Waals surface area contributed by atoms with Gasteiger partial charge in [0.15, 0.2) is 5.65 Å². The molecule has 4 rings (SSSR count). The lowest BCUT2D eigenvalue weighted by Crippen LogP contribution is -2.35. The van der Waals surface area contributed by atoms with Crippen molar-refractivity contribution < 1.29 is 8.42 Å². The summed E-state index contributed by atoms with van der Waals surface area (Å²) in [5.74, 6) is 0.721. The standard InChI is InChI=1S/C25H29BrN6O2S/c1-4-15-32(35(33,34)20-8-6-5-7-9-20)16-14-27-22-21(26)17-28-25-23(22)29-24(30-25)18-10-12-19(13-11-18)31(2)3/h5-13,17H,4,14-16H2,1-3H3,(H2,27,28,29,30). The number of benzene rings is 2. The lowest BCUT2D eigenvalue weighted by Gasteiger charge is -2.22. The van der Waals surface area contributed by atoms with Crippen molar-refractivity contribution in [3.05, 3.63) is 65.3 Å². The summed E-state index contributed by atoms with van der Waals surface area (Å²) in [4.78, 5) is 14.8. The molecule has 0 amide bonds. The third-order valence-corrected chi connectivity index (χ3v) is 8.16. The number of halogens is 1. The predicted molar refractivity (Wildman–Crippen MR) is 145 cm³/mol. The van der Waals surface area contributed by atoms with E-state index in [4.69, 9.17) is 0 Å². The van der Waals surface area contributed by atoms with Gasteiger partial charge >= 0.3 is 0 Å². The molecule has 0 radical (unpaired) electrons. The number of nitrogens with zero attached hydrogens (tertiary/aromatic N) is 4. The molecule has 2 aromatic heterocycles. The first-order chi connectivity index (χ1) is 16.8. The molecule has 0 bridgehead atoms. The van der Waals surface area contributed by atoms with Crippen LogP contribution in [0, 0.1) is 0 Å². The first-order valence-corrected chi connectivity index (χ1v) is 13.7. The zero-order chi connectivity index (χ0) is 25.0. The van der Waals surface area contributed by atoms with Crippen molar-refractivity contribution in [1.29, 1.82) is 0 Å². The molecule has 0 spiro atoms. The van der Waals surface area contributed by atoms with Crippen LogP contribution < -0.4 is 10.2 Å². The van der Waals surface area contributed by atoms with E-state index >= 15 is 0 Å². The molecule has 2 aromatic carbocycles. The summed E-state index contributed by atoms with van der Waals surface area (Å²) in [5, 5.41) is 3.39. The van der Waals surface area contributed by atoms with Crippen molar-refractivity contribution in [1.82, 2.24) is 19.3 Å². The number of H-pyrrole nitrogens is 1. The molecule has 184 valence electrons. The van der Waals surface area contributed by atoms with Gasteiger partial charge < -0.3 is 15.2 Å².